The summed E-state index contributed by atoms with van der Waals surface area (Å²) in [6, 6.07) is 0. The molecule has 1 aliphatic heterocycles. The SMILES string of the molecule is C=C(F)CC(/C=C(/F)CF)C(=C/C)/C(F)=C\CC(=C/C)/C(F)=C\CC1COCC(C)CO1. The summed E-state index contributed by atoms with van der Waals surface area (Å²) in [7, 11) is 0. The third kappa shape index (κ3) is 10.1. The van der Waals surface area contributed by atoms with Gasteiger partial charge in [-0.25, -0.2) is 22.0 Å². The lowest BCUT2D eigenvalue weighted by Crippen LogP contribution is -2.16. The normalized spacial score (nSPS) is 23.2. The third-order valence-electron chi connectivity index (χ3n) is 4.98. The molecule has 2 nitrogen and oxygen atoms in total. The number of alkyl halides is 1. The van der Waals surface area contributed by atoms with Crippen LogP contribution >= 0.6 is 0 Å². The molecule has 3 unspecified atom stereocenters. The van der Waals surface area contributed by atoms with Gasteiger partial charge in [0, 0.05) is 18.3 Å². The van der Waals surface area contributed by atoms with E-state index < -0.39 is 35.9 Å². The molecule has 0 aromatic carbocycles. The maximum absolute atomic E-state index is 14.8. The van der Waals surface area contributed by atoms with Crippen molar-refractivity contribution >= 4 is 0 Å². The molecule has 32 heavy (non-hydrogen) atoms. The van der Waals surface area contributed by atoms with Gasteiger partial charge in [0.25, 0.3) is 0 Å². The average molecular weight is 461 g/mol. The second-order valence-electron chi connectivity index (χ2n) is 7.77. The van der Waals surface area contributed by atoms with E-state index in [2.05, 4.69) is 6.58 Å². The highest BCUT2D eigenvalue weighted by Gasteiger charge is 2.19. The quantitative estimate of drug-likeness (QED) is 0.232. The van der Waals surface area contributed by atoms with Gasteiger partial charge in [-0.2, -0.15) is 0 Å². The number of allylic oxidation sites excluding steroid dienone is 10. The van der Waals surface area contributed by atoms with Crippen LogP contribution in [0.2, 0.25) is 0 Å². The van der Waals surface area contributed by atoms with Crippen molar-refractivity contribution in [2.75, 3.05) is 26.5 Å². The Balaban J connectivity index is 2.89. The van der Waals surface area contributed by atoms with E-state index in [1.807, 2.05) is 6.92 Å². The zero-order chi connectivity index (χ0) is 24.1. The van der Waals surface area contributed by atoms with Crippen LogP contribution in [0, 0.1) is 11.8 Å². The Morgan fingerprint density at radius 1 is 1.03 bits per heavy atom. The molecular formula is C25H33F5O2. The Labute approximate surface area is 187 Å². The minimum atomic E-state index is -1.37. The molecule has 1 fully saturated rings. The van der Waals surface area contributed by atoms with Crippen molar-refractivity contribution in [3.63, 3.8) is 0 Å². The monoisotopic (exact) mass is 460 g/mol. The van der Waals surface area contributed by atoms with E-state index in [0.717, 1.165) is 12.2 Å². The largest absolute Gasteiger partial charge is 0.378 e. The number of rotatable bonds is 11. The fourth-order valence-electron chi connectivity index (χ4n) is 3.26. The highest BCUT2D eigenvalue weighted by atomic mass is 19.2. The fraction of sp³-hybridized carbons (Fsp3) is 0.520. The van der Waals surface area contributed by atoms with E-state index in [9.17, 15) is 22.0 Å². The molecule has 7 heteroatoms. The molecule has 0 bridgehead atoms. The minimum absolute atomic E-state index is 0.0228. The van der Waals surface area contributed by atoms with E-state index in [-0.39, 0.29) is 36.0 Å². The molecule has 0 N–H and O–H groups in total. The van der Waals surface area contributed by atoms with Crippen LogP contribution in [-0.2, 0) is 9.47 Å². The predicted molar refractivity (Wildman–Crippen MR) is 118 cm³/mol. The molecule has 1 aliphatic rings. The first-order chi connectivity index (χ1) is 15.2. The average Bonchev–Trinajstić information content (AvgIpc) is 2.96. The second kappa shape index (κ2) is 15.0. The molecule has 1 heterocycles. The molecular weight excluding hydrogens is 427 g/mol. The number of ether oxygens (including phenoxy) is 2. The van der Waals surface area contributed by atoms with Gasteiger partial charge in [-0.3, -0.25) is 0 Å². The molecule has 180 valence electrons. The lowest BCUT2D eigenvalue weighted by Gasteiger charge is -2.15. The molecule has 0 spiro atoms. The van der Waals surface area contributed by atoms with Gasteiger partial charge in [0.05, 0.1) is 31.8 Å². The summed E-state index contributed by atoms with van der Waals surface area (Å²) in [4.78, 5) is 0. The van der Waals surface area contributed by atoms with Crippen molar-refractivity contribution in [1.29, 1.82) is 0 Å². The van der Waals surface area contributed by atoms with Crippen LogP contribution in [0.4, 0.5) is 22.0 Å². The molecule has 3 atom stereocenters. The van der Waals surface area contributed by atoms with Crippen LogP contribution in [0.15, 0.2) is 71.4 Å². The molecule has 0 saturated carbocycles. The van der Waals surface area contributed by atoms with Crippen LogP contribution in [0.3, 0.4) is 0 Å². The van der Waals surface area contributed by atoms with Crippen LogP contribution in [-0.4, -0.2) is 32.6 Å². The maximum Gasteiger partial charge on any atom is 0.141 e. The Morgan fingerprint density at radius 3 is 2.34 bits per heavy atom. The van der Waals surface area contributed by atoms with Crippen LogP contribution in [0.25, 0.3) is 0 Å². The van der Waals surface area contributed by atoms with Crippen molar-refractivity contribution in [3.8, 4) is 0 Å². The molecule has 0 radical (unpaired) electrons. The maximum atomic E-state index is 14.8. The van der Waals surface area contributed by atoms with Gasteiger partial charge < -0.3 is 9.47 Å². The summed E-state index contributed by atoms with van der Waals surface area (Å²) >= 11 is 0. The first-order valence-corrected chi connectivity index (χ1v) is 10.7. The molecule has 1 saturated heterocycles. The minimum Gasteiger partial charge on any atom is -0.378 e. The van der Waals surface area contributed by atoms with Gasteiger partial charge in [0.15, 0.2) is 0 Å². The van der Waals surface area contributed by atoms with Gasteiger partial charge in [-0.15, -0.1) is 0 Å². The van der Waals surface area contributed by atoms with Crippen molar-refractivity contribution < 1.29 is 31.4 Å². The summed E-state index contributed by atoms with van der Waals surface area (Å²) in [6.07, 6.45) is 5.85. The van der Waals surface area contributed by atoms with Crippen LogP contribution in [0.1, 0.15) is 40.0 Å². The molecule has 1 rings (SSSR count). The van der Waals surface area contributed by atoms with Crippen molar-refractivity contribution in [2.24, 2.45) is 11.8 Å². The smallest absolute Gasteiger partial charge is 0.141 e. The van der Waals surface area contributed by atoms with Crippen molar-refractivity contribution in [3.05, 3.63) is 71.4 Å². The van der Waals surface area contributed by atoms with E-state index in [0.29, 0.717) is 26.2 Å². The molecule has 0 aromatic heterocycles. The van der Waals surface area contributed by atoms with Crippen molar-refractivity contribution in [2.45, 2.75) is 46.1 Å². The van der Waals surface area contributed by atoms with Gasteiger partial charge in [0.1, 0.15) is 24.2 Å². The standard InChI is InChI=1S/C25H33F5O2/c1-5-19(24(29)10-8-22-16-31-14-17(3)15-32-22)7-9-25(30)23(6-2)20(11-18(4)27)12-21(28)13-26/h5-6,9-10,12,17,20,22H,4,7-8,11,13-16H2,1-3H3/b19-5-,21-12+,23-6-,24-10+,25-9+. The summed E-state index contributed by atoms with van der Waals surface area (Å²) in [5.74, 6) is -3.95. The van der Waals surface area contributed by atoms with E-state index >= 15 is 0 Å². The zero-order valence-electron chi connectivity index (χ0n) is 19.0. The molecule has 0 amide bonds. The van der Waals surface area contributed by atoms with E-state index in [1.54, 1.807) is 6.92 Å². The Bertz CT molecular complexity index is 764. The van der Waals surface area contributed by atoms with E-state index in [1.165, 1.54) is 25.2 Å². The van der Waals surface area contributed by atoms with Gasteiger partial charge in [-0.1, -0.05) is 25.7 Å². The zero-order valence-corrected chi connectivity index (χ0v) is 19.0. The fourth-order valence-corrected chi connectivity index (χ4v) is 3.26. The van der Waals surface area contributed by atoms with Crippen molar-refractivity contribution in [1.82, 2.24) is 0 Å². The lowest BCUT2D eigenvalue weighted by molar-refractivity contribution is 0.0267. The Hall–Kier alpha value is -1.99. The summed E-state index contributed by atoms with van der Waals surface area (Å²) < 4.78 is 80.0. The first-order valence-electron chi connectivity index (χ1n) is 10.7. The highest BCUT2D eigenvalue weighted by Crippen LogP contribution is 2.31. The molecule has 0 aromatic rings. The third-order valence-corrected chi connectivity index (χ3v) is 4.98. The topological polar surface area (TPSA) is 18.5 Å². The highest BCUT2D eigenvalue weighted by molar-refractivity contribution is 5.35. The number of hydrogen-bond donors (Lipinski definition) is 0. The van der Waals surface area contributed by atoms with Gasteiger partial charge in [0.2, 0.25) is 0 Å². The summed E-state index contributed by atoms with van der Waals surface area (Å²) in [6.45, 7) is 8.41. The molecule has 0 aliphatic carbocycles. The van der Waals surface area contributed by atoms with Crippen LogP contribution in [0.5, 0.6) is 0 Å². The summed E-state index contributed by atoms with van der Waals surface area (Å²) in [5.41, 5.74) is 0.237. The number of halogens is 5. The summed E-state index contributed by atoms with van der Waals surface area (Å²) in [5, 5.41) is 0. The second-order valence-corrected chi connectivity index (χ2v) is 7.77. The predicted octanol–water partition coefficient (Wildman–Crippen LogP) is 7.73. The van der Waals surface area contributed by atoms with Gasteiger partial charge >= 0.3 is 0 Å². The Morgan fingerprint density at radius 2 is 1.75 bits per heavy atom. The number of hydrogen-bond acceptors (Lipinski definition) is 2. The Kier molecular flexibility index (Phi) is 13.1. The van der Waals surface area contributed by atoms with Crippen LogP contribution < -0.4 is 0 Å². The first kappa shape index (κ1) is 28.0. The van der Waals surface area contributed by atoms with Gasteiger partial charge in [-0.05, 0) is 56.1 Å². The lowest BCUT2D eigenvalue weighted by atomic mass is 9.92. The van der Waals surface area contributed by atoms with E-state index in [4.69, 9.17) is 9.47 Å².